The molecule has 14 heavy (non-hydrogen) atoms. The predicted molar refractivity (Wildman–Crippen MR) is 55.4 cm³/mol. The van der Waals surface area contributed by atoms with Gasteiger partial charge in [-0.2, -0.15) is 11.3 Å². The van der Waals surface area contributed by atoms with Gasteiger partial charge in [-0.25, -0.2) is 4.79 Å². The molecule has 0 aliphatic heterocycles. The van der Waals surface area contributed by atoms with Gasteiger partial charge in [0, 0.05) is 6.42 Å². The minimum Gasteiger partial charge on any atom is -0.501 e. The molecule has 1 rings (SSSR count). The van der Waals surface area contributed by atoms with Crippen molar-refractivity contribution in [1.82, 2.24) is 0 Å². The summed E-state index contributed by atoms with van der Waals surface area (Å²) in [7, 11) is 0. The molecule has 0 fully saturated rings. The number of thiophene rings is 1. The zero-order valence-electron chi connectivity index (χ0n) is 7.90. The Morgan fingerprint density at radius 3 is 3.00 bits per heavy atom. The van der Waals surface area contributed by atoms with E-state index in [1.165, 1.54) is 6.26 Å². The molecule has 0 radical (unpaired) electrons. The van der Waals surface area contributed by atoms with Crippen LogP contribution in [-0.2, 0) is 16.0 Å². The molecular weight excluding hydrogens is 200 g/mol. The Bertz CT molecular complexity index is 314. The number of carboxylic acid groups (broad SMARTS) is 1. The molecule has 0 amide bonds. The Morgan fingerprint density at radius 1 is 1.71 bits per heavy atom. The van der Waals surface area contributed by atoms with Crippen molar-refractivity contribution >= 4 is 17.3 Å². The van der Waals surface area contributed by atoms with Crippen molar-refractivity contribution < 1.29 is 14.6 Å². The number of hydrogen-bond donors (Lipinski definition) is 1. The van der Waals surface area contributed by atoms with E-state index in [9.17, 15) is 4.79 Å². The smallest absolute Gasteiger partial charge is 0.335 e. The van der Waals surface area contributed by atoms with Gasteiger partial charge in [0.15, 0.2) is 0 Å². The molecule has 1 aromatic heterocycles. The largest absolute Gasteiger partial charge is 0.501 e. The summed E-state index contributed by atoms with van der Waals surface area (Å²) in [5, 5.41) is 12.7. The van der Waals surface area contributed by atoms with Gasteiger partial charge in [-0.05, 0) is 29.3 Å². The second-order valence-corrected chi connectivity index (χ2v) is 3.49. The molecule has 0 saturated heterocycles. The van der Waals surface area contributed by atoms with Gasteiger partial charge >= 0.3 is 5.97 Å². The maximum absolute atomic E-state index is 10.8. The first kappa shape index (κ1) is 10.8. The SMILES string of the molecule is CCO/C=C(/Cc1ccsc1)C(=O)O. The third-order valence-electron chi connectivity index (χ3n) is 1.64. The molecule has 0 aliphatic carbocycles. The maximum Gasteiger partial charge on any atom is 0.335 e. The van der Waals surface area contributed by atoms with Gasteiger partial charge in [-0.15, -0.1) is 0 Å². The molecule has 76 valence electrons. The Hall–Kier alpha value is -1.29. The molecule has 0 bridgehead atoms. The van der Waals surface area contributed by atoms with E-state index >= 15 is 0 Å². The van der Waals surface area contributed by atoms with Crippen LogP contribution in [0.2, 0.25) is 0 Å². The van der Waals surface area contributed by atoms with E-state index in [1.807, 2.05) is 23.8 Å². The normalized spacial score (nSPS) is 11.4. The van der Waals surface area contributed by atoms with Crippen LogP contribution >= 0.6 is 11.3 Å². The lowest BCUT2D eigenvalue weighted by molar-refractivity contribution is -0.132. The lowest BCUT2D eigenvalue weighted by Crippen LogP contribution is -2.04. The summed E-state index contributed by atoms with van der Waals surface area (Å²) in [5.74, 6) is -0.926. The highest BCUT2D eigenvalue weighted by Gasteiger charge is 2.08. The number of rotatable bonds is 5. The standard InChI is InChI=1S/C10H12O3S/c1-2-13-6-9(10(11)12)5-8-3-4-14-7-8/h3-4,6-7H,2,5H2,1H3,(H,11,12)/b9-6-. The van der Waals surface area contributed by atoms with Gasteiger partial charge in [0.05, 0.1) is 18.4 Å². The number of aliphatic carboxylic acids is 1. The first-order valence-corrected chi connectivity index (χ1v) is 5.23. The number of carbonyl (C=O) groups is 1. The Morgan fingerprint density at radius 2 is 2.50 bits per heavy atom. The van der Waals surface area contributed by atoms with Gasteiger partial charge in [0.1, 0.15) is 0 Å². The van der Waals surface area contributed by atoms with Crippen molar-refractivity contribution in [2.45, 2.75) is 13.3 Å². The topological polar surface area (TPSA) is 46.5 Å². The van der Waals surface area contributed by atoms with Crippen molar-refractivity contribution in [1.29, 1.82) is 0 Å². The van der Waals surface area contributed by atoms with E-state index in [1.54, 1.807) is 11.3 Å². The highest BCUT2D eigenvalue weighted by atomic mass is 32.1. The van der Waals surface area contributed by atoms with Crippen LogP contribution < -0.4 is 0 Å². The van der Waals surface area contributed by atoms with Gasteiger partial charge in [-0.3, -0.25) is 0 Å². The first-order chi connectivity index (χ1) is 6.74. The van der Waals surface area contributed by atoms with Crippen molar-refractivity contribution in [3.8, 4) is 0 Å². The second kappa shape index (κ2) is 5.44. The van der Waals surface area contributed by atoms with Crippen LogP contribution in [0.25, 0.3) is 0 Å². The van der Waals surface area contributed by atoms with Gasteiger partial charge in [0.25, 0.3) is 0 Å². The summed E-state index contributed by atoms with van der Waals surface area (Å²) in [6, 6.07) is 1.91. The molecular formula is C10H12O3S. The highest BCUT2D eigenvalue weighted by molar-refractivity contribution is 7.07. The molecule has 1 heterocycles. The summed E-state index contributed by atoms with van der Waals surface area (Å²) in [4.78, 5) is 10.8. The fourth-order valence-corrected chi connectivity index (χ4v) is 1.63. The van der Waals surface area contributed by atoms with Crippen LogP contribution in [-0.4, -0.2) is 17.7 Å². The van der Waals surface area contributed by atoms with Crippen molar-refractivity contribution in [2.24, 2.45) is 0 Å². The Kier molecular flexibility index (Phi) is 4.19. The van der Waals surface area contributed by atoms with Crippen LogP contribution in [0.15, 0.2) is 28.7 Å². The molecule has 0 atom stereocenters. The van der Waals surface area contributed by atoms with Crippen LogP contribution in [0, 0.1) is 0 Å². The van der Waals surface area contributed by atoms with Gasteiger partial charge in [0.2, 0.25) is 0 Å². The maximum atomic E-state index is 10.8. The molecule has 1 N–H and O–H groups in total. The van der Waals surface area contributed by atoms with Crippen LogP contribution in [0.4, 0.5) is 0 Å². The van der Waals surface area contributed by atoms with E-state index in [0.717, 1.165) is 5.56 Å². The summed E-state index contributed by atoms with van der Waals surface area (Å²) in [6.45, 7) is 2.31. The fourth-order valence-electron chi connectivity index (χ4n) is 0.965. The molecule has 0 aromatic carbocycles. The third-order valence-corrected chi connectivity index (χ3v) is 2.37. The molecule has 0 saturated carbocycles. The van der Waals surface area contributed by atoms with Gasteiger partial charge < -0.3 is 9.84 Å². The average Bonchev–Trinajstić information content (AvgIpc) is 2.64. The van der Waals surface area contributed by atoms with Crippen LogP contribution in [0.5, 0.6) is 0 Å². The lowest BCUT2D eigenvalue weighted by Gasteiger charge is -2.00. The fraction of sp³-hybridized carbons (Fsp3) is 0.300. The zero-order chi connectivity index (χ0) is 10.4. The van der Waals surface area contributed by atoms with Crippen LogP contribution in [0.1, 0.15) is 12.5 Å². The van der Waals surface area contributed by atoms with Crippen LogP contribution in [0.3, 0.4) is 0 Å². The monoisotopic (exact) mass is 212 g/mol. The van der Waals surface area contributed by atoms with E-state index < -0.39 is 5.97 Å². The summed E-state index contributed by atoms with van der Waals surface area (Å²) >= 11 is 1.56. The minimum atomic E-state index is -0.926. The summed E-state index contributed by atoms with van der Waals surface area (Å²) in [5.41, 5.74) is 1.29. The lowest BCUT2D eigenvalue weighted by atomic mass is 10.1. The first-order valence-electron chi connectivity index (χ1n) is 4.29. The molecule has 0 spiro atoms. The summed E-state index contributed by atoms with van der Waals surface area (Å²) < 4.78 is 4.97. The quantitative estimate of drug-likeness (QED) is 0.601. The van der Waals surface area contributed by atoms with Crippen molar-refractivity contribution in [2.75, 3.05) is 6.61 Å². The molecule has 0 aliphatic rings. The Labute approximate surface area is 86.6 Å². The van der Waals surface area contributed by atoms with E-state index in [0.29, 0.717) is 13.0 Å². The van der Waals surface area contributed by atoms with E-state index in [2.05, 4.69) is 0 Å². The number of hydrogen-bond acceptors (Lipinski definition) is 3. The summed E-state index contributed by atoms with van der Waals surface area (Å²) in [6.07, 6.45) is 1.73. The van der Waals surface area contributed by atoms with Crippen molar-refractivity contribution in [3.63, 3.8) is 0 Å². The number of carboxylic acids is 1. The van der Waals surface area contributed by atoms with Gasteiger partial charge in [-0.1, -0.05) is 0 Å². The van der Waals surface area contributed by atoms with E-state index in [-0.39, 0.29) is 5.57 Å². The molecule has 3 nitrogen and oxygen atoms in total. The predicted octanol–water partition coefficient (Wildman–Crippen LogP) is 2.30. The molecule has 0 unspecified atom stereocenters. The molecule has 1 aromatic rings. The average molecular weight is 212 g/mol. The van der Waals surface area contributed by atoms with Crippen molar-refractivity contribution in [3.05, 3.63) is 34.2 Å². The highest BCUT2D eigenvalue weighted by Crippen LogP contribution is 2.12. The van der Waals surface area contributed by atoms with E-state index in [4.69, 9.17) is 9.84 Å². The minimum absolute atomic E-state index is 0.283. The molecule has 4 heteroatoms. The Balaban J connectivity index is 2.65. The third kappa shape index (κ3) is 3.22. The second-order valence-electron chi connectivity index (χ2n) is 2.71. The zero-order valence-corrected chi connectivity index (χ0v) is 8.71. The number of ether oxygens (including phenoxy) is 1.